The molecule has 0 heterocycles. The number of carbonyl (C=O) groups is 1. The zero-order valence-corrected chi connectivity index (χ0v) is 9.97. The summed E-state index contributed by atoms with van der Waals surface area (Å²) < 4.78 is 10.8. The Morgan fingerprint density at radius 1 is 1.53 bits per heavy atom. The summed E-state index contributed by atoms with van der Waals surface area (Å²) in [5, 5.41) is 8.95. The molecule has 1 aliphatic carbocycles. The highest BCUT2D eigenvalue weighted by atomic mass is 16.5. The number of ether oxygens (including phenoxy) is 2. The van der Waals surface area contributed by atoms with E-state index in [0.717, 1.165) is 5.56 Å². The van der Waals surface area contributed by atoms with E-state index in [1.165, 1.54) is 0 Å². The van der Waals surface area contributed by atoms with E-state index in [1.807, 2.05) is 25.1 Å². The molecule has 0 spiro atoms. The number of methoxy groups -OCH3 is 1. The maximum atomic E-state index is 10.9. The first-order valence-electron chi connectivity index (χ1n) is 5.71. The zero-order valence-electron chi connectivity index (χ0n) is 9.97. The van der Waals surface area contributed by atoms with Gasteiger partial charge in [0.25, 0.3) is 0 Å². The summed E-state index contributed by atoms with van der Waals surface area (Å²) in [5.41, 5.74) is 0.936. The van der Waals surface area contributed by atoms with Gasteiger partial charge in [0, 0.05) is 11.5 Å². The van der Waals surface area contributed by atoms with Gasteiger partial charge in [0.15, 0.2) is 11.5 Å². The van der Waals surface area contributed by atoms with Gasteiger partial charge in [-0.15, -0.1) is 0 Å². The number of carboxylic acid groups (broad SMARTS) is 1. The number of hydrogen-bond acceptors (Lipinski definition) is 3. The summed E-state index contributed by atoms with van der Waals surface area (Å²) in [6.07, 6.45) is 0.682. The third-order valence-electron chi connectivity index (χ3n) is 3.02. The summed E-state index contributed by atoms with van der Waals surface area (Å²) in [7, 11) is 1.58. The molecule has 1 aromatic carbocycles. The average molecular weight is 236 g/mol. The van der Waals surface area contributed by atoms with Gasteiger partial charge in [0.2, 0.25) is 0 Å². The molecule has 4 nitrogen and oxygen atoms in total. The van der Waals surface area contributed by atoms with E-state index >= 15 is 0 Å². The lowest BCUT2D eigenvalue weighted by Crippen LogP contribution is -2.02. The zero-order chi connectivity index (χ0) is 12.4. The highest BCUT2D eigenvalue weighted by Gasteiger charge is 2.45. The van der Waals surface area contributed by atoms with E-state index in [1.54, 1.807) is 7.11 Å². The highest BCUT2D eigenvalue weighted by Crippen LogP contribution is 2.52. The molecule has 2 unspecified atom stereocenters. The molecule has 0 saturated heterocycles. The predicted octanol–water partition coefficient (Wildman–Crippen LogP) is 2.28. The van der Waals surface area contributed by atoms with Crippen LogP contribution in [0.3, 0.4) is 0 Å². The van der Waals surface area contributed by atoms with Crippen LogP contribution in [0.5, 0.6) is 11.5 Å². The van der Waals surface area contributed by atoms with Crippen LogP contribution < -0.4 is 9.47 Å². The number of carboxylic acids is 1. The van der Waals surface area contributed by atoms with Gasteiger partial charge in [-0.05, 0) is 19.4 Å². The third-order valence-corrected chi connectivity index (χ3v) is 3.02. The topological polar surface area (TPSA) is 55.8 Å². The lowest BCUT2D eigenvalue weighted by atomic mass is 10.1. The second-order valence-corrected chi connectivity index (χ2v) is 4.10. The quantitative estimate of drug-likeness (QED) is 0.852. The van der Waals surface area contributed by atoms with Gasteiger partial charge in [0.1, 0.15) is 0 Å². The van der Waals surface area contributed by atoms with E-state index in [4.69, 9.17) is 14.6 Å². The Morgan fingerprint density at radius 3 is 2.82 bits per heavy atom. The summed E-state index contributed by atoms with van der Waals surface area (Å²) >= 11 is 0. The molecule has 17 heavy (non-hydrogen) atoms. The molecule has 0 bridgehead atoms. The van der Waals surface area contributed by atoms with E-state index in [9.17, 15) is 4.79 Å². The second-order valence-electron chi connectivity index (χ2n) is 4.10. The summed E-state index contributed by atoms with van der Waals surface area (Å²) in [5.74, 6) is 0.397. The van der Waals surface area contributed by atoms with Crippen LogP contribution in [-0.2, 0) is 4.79 Å². The molecule has 92 valence electrons. The molecule has 1 fully saturated rings. The molecule has 1 N–H and O–H groups in total. The van der Waals surface area contributed by atoms with Crippen LogP contribution in [-0.4, -0.2) is 24.8 Å². The molecule has 2 rings (SSSR count). The van der Waals surface area contributed by atoms with Gasteiger partial charge in [0.05, 0.1) is 19.6 Å². The molecule has 1 saturated carbocycles. The Kier molecular flexibility index (Phi) is 3.22. The van der Waals surface area contributed by atoms with Crippen molar-refractivity contribution in [3.8, 4) is 11.5 Å². The fourth-order valence-electron chi connectivity index (χ4n) is 2.12. The second kappa shape index (κ2) is 4.65. The summed E-state index contributed by atoms with van der Waals surface area (Å²) in [6, 6.07) is 5.62. The van der Waals surface area contributed by atoms with Crippen LogP contribution in [0.2, 0.25) is 0 Å². The maximum Gasteiger partial charge on any atom is 0.307 e. The Balaban J connectivity index is 2.28. The van der Waals surface area contributed by atoms with Crippen molar-refractivity contribution in [1.82, 2.24) is 0 Å². The normalized spacial score (nSPS) is 22.0. The first-order chi connectivity index (χ1) is 8.19. The predicted molar refractivity (Wildman–Crippen MR) is 62.6 cm³/mol. The molecule has 0 amide bonds. The van der Waals surface area contributed by atoms with E-state index in [2.05, 4.69) is 0 Å². The fourth-order valence-corrected chi connectivity index (χ4v) is 2.12. The Hall–Kier alpha value is -1.71. The molecule has 1 aliphatic rings. The molecule has 0 aromatic heterocycles. The monoisotopic (exact) mass is 236 g/mol. The summed E-state index contributed by atoms with van der Waals surface area (Å²) in [4.78, 5) is 10.9. The highest BCUT2D eigenvalue weighted by molar-refractivity contribution is 5.76. The van der Waals surface area contributed by atoms with Gasteiger partial charge >= 0.3 is 5.97 Å². The van der Waals surface area contributed by atoms with Gasteiger partial charge in [-0.3, -0.25) is 4.79 Å². The van der Waals surface area contributed by atoms with Crippen molar-refractivity contribution >= 4 is 5.97 Å². The first kappa shape index (κ1) is 11.8. The van der Waals surface area contributed by atoms with E-state index < -0.39 is 5.97 Å². The third kappa shape index (κ3) is 2.20. The lowest BCUT2D eigenvalue weighted by Gasteiger charge is -2.13. The van der Waals surface area contributed by atoms with Crippen LogP contribution >= 0.6 is 0 Å². The Bertz CT molecular complexity index is 427. The van der Waals surface area contributed by atoms with Crippen molar-refractivity contribution in [2.75, 3.05) is 13.7 Å². The Labute approximate surface area is 100 Å². The molecule has 4 heteroatoms. The van der Waals surface area contributed by atoms with Crippen molar-refractivity contribution in [2.24, 2.45) is 5.92 Å². The van der Waals surface area contributed by atoms with E-state index in [0.29, 0.717) is 24.5 Å². The van der Waals surface area contributed by atoms with Crippen LogP contribution in [0, 0.1) is 5.92 Å². The van der Waals surface area contributed by atoms with Gasteiger partial charge < -0.3 is 14.6 Å². The van der Waals surface area contributed by atoms with Crippen molar-refractivity contribution in [3.63, 3.8) is 0 Å². The number of hydrogen-bond donors (Lipinski definition) is 1. The SMILES string of the molecule is CCOc1cccc(C2CC2C(=O)O)c1OC. The minimum atomic E-state index is -0.737. The standard InChI is InChI=1S/C13H16O4/c1-3-17-11-6-4-5-8(12(11)16-2)9-7-10(9)13(14)15/h4-6,9-10H,3,7H2,1-2H3,(H,14,15). The van der Waals surface area contributed by atoms with Crippen molar-refractivity contribution in [3.05, 3.63) is 23.8 Å². The number of rotatable bonds is 5. The van der Waals surface area contributed by atoms with Crippen molar-refractivity contribution < 1.29 is 19.4 Å². The molecule has 1 aromatic rings. The molecule has 0 radical (unpaired) electrons. The number of aliphatic carboxylic acids is 1. The van der Waals surface area contributed by atoms with Gasteiger partial charge in [-0.2, -0.15) is 0 Å². The molecular weight excluding hydrogens is 220 g/mol. The number of benzene rings is 1. The van der Waals surface area contributed by atoms with Crippen LogP contribution in [0.25, 0.3) is 0 Å². The average Bonchev–Trinajstić information content (AvgIpc) is 3.09. The van der Waals surface area contributed by atoms with Crippen LogP contribution in [0.4, 0.5) is 0 Å². The molecular formula is C13H16O4. The van der Waals surface area contributed by atoms with Crippen LogP contribution in [0.1, 0.15) is 24.8 Å². The van der Waals surface area contributed by atoms with Crippen molar-refractivity contribution in [2.45, 2.75) is 19.3 Å². The molecule has 2 atom stereocenters. The first-order valence-corrected chi connectivity index (χ1v) is 5.71. The summed E-state index contributed by atoms with van der Waals surface area (Å²) in [6.45, 7) is 2.47. The minimum absolute atomic E-state index is 0.0582. The fraction of sp³-hybridized carbons (Fsp3) is 0.462. The Morgan fingerprint density at radius 2 is 2.29 bits per heavy atom. The van der Waals surface area contributed by atoms with Crippen molar-refractivity contribution in [1.29, 1.82) is 0 Å². The maximum absolute atomic E-state index is 10.9. The largest absolute Gasteiger partial charge is 0.493 e. The minimum Gasteiger partial charge on any atom is -0.493 e. The lowest BCUT2D eigenvalue weighted by molar-refractivity contribution is -0.138. The van der Waals surface area contributed by atoms with Crippen LogP contribution in [0.15, 0.2) is 18.2 Å². The van der Waals surface area contributed by atoms with Gasteiger partial charge in [-0.1, -0.05) is 12.1 Å². The van der Waals surface area contributed by atoms with E-state index in [-0.39, 0.29) is 11.8 Å². The smallest absolute Gasteiger partial charge is 0.307 e. The number of para-hydroxylation sites is 1. The van der Waals surface area contributed by atoms with Gasteiger partial charge in [-0.25, -0.2) is 0 Å². The molecule has 0 aliphatic heterocycles.